The number of rotatable bonds is 6. The van der Waals surface area contributed by atoms with Crippen LogP contribution in [0.3, 0.4) is 0 Å². The summed E-state index contributed by atoms with van der Waals surface area (Å²) in [6.07, 6.45) is 6.32. The zero-order valence-corrected chi connectivity index (χ0v) is 13.6. The summed E-state index contributed by atoms with van der Waals surface area (Å²) in [7, 11) is 1.62. The molecule has 0 bridgehead atoms. The van der Waals surface area contributed by atoms with E-state index in [1.165, 1.54) is 12.4 Å². The molecule has 0 aliphatic carbocycles. The molecule has 1 amide bonds. The van der Waals surface area contributed by atoms with E-state index in [9.17, 15) is 4.79 Å². The Hall–Kier alpha value is -3.48. The van der Waals surface area contributed by atoms with E-state index in [1.807, 2.05) is 36.4 Å². The topological polar surface area (TPSA) is 89.0 Å². The number of hydrogen-bond acceptors (Lipinski definition) is 6. The van der Waals surface area contributed by atoms with Gasteiger partial charge in [0.05, 0.1) is 19.5 Å². The summed E-state index contributed by atoms with van der Waals surface area (Å²) in [5, 5.41) is 5.90. The van der Waals surface area contributed by atoms with Crippen LogP contribution in [0, 0.1) is 0 Å². The van der Waals surface area contributed by atoms with Gasteiger partial charge in [-0.1, -0.05) is 0 Å². The fourth-order valence-electron chi connectivity index (χ4n) is 2.11. The standard InChI is InChI=1S/C18H17N5O2/c1-25-15-4-2-14(3-5-15)23-17-12-20-16(11-21-17)18(24)22-10-13-6-8-19-9-7-13/h2-9,11-12H,10H2,1H3,(H,21,23)(H,22,24). The Balaban J connectivity index is 1.58. The fraction of sp³-hybridized carbons (Fsp3) is 0.111. The second-order valence-corrected chi connectivity index (χ2v) is 5.18. The van der Waals surface area contributed by atoms with Gasteiger partial charge in [-0.05, 0) is 42.0 Å². The molecule has 7 heteroatoms. The Morgan fingerprint density at radius 1 is 1.04 bits per heavy atom. The number of aromatic nitrogens is 3. The van der Waals surface area contributed by atoms with Crippen LogP contribution in [-0.4, -0.2) is 28.0 Å². The quantitative estimate of drug-likeness (QED) is 0.720. The van der Waals surface area contributed by atoms with Gasteiger partial charge in [0.25, 0.3) is 5.91 Å². The molecule has 1 aromatic carbocycles. The highest BCUT2D eigenvalue weighted by atomic mass is 16.5. The van der Waals surface area contributed by atoms with E-state index in [0.29, 0.717) is 12.4 Å². The summed E-state index contributed by atoms with van der Waals surface area (Å²) in [6.45, 7) is 0.412. The normalized spacial score (nSPS) is 10.1. The van der Waals surface area contributed by atoms with E-state index in [4.69, 9.17) is 4.74 Å². The molecule has 3 rings (SSSR count). The second kappa shape index (κ2) is 7.87. The third-order valence-electron chi connectivity index (χ3n) is 3.45. The monoisotopic (exact) mass is 335 g/mol. The summed E-state index contributed by atoms with van der Waals surface area (Å²) in [6, 6.07) is 11.1. The van der Waals surface area contributed by atoms with Crippen molar-refractivity contribution < 1.29 is 9.53 Å². The Morgan fingerprint density at radius 3 is 2.44 bits per heavy atom. The number of methoxy groups -OCH3 is 1. The van der Waals surface area contributed by atoms with E-state index in [2.05, 4.69) is 25.6 Å². The maximum Gasteiger partial charge on any atom is 0.271 e. The van der Waals surface area contributed by atoms with Gasteiger partial charge in [-0.2, -0.15) is 0 Å². The summed E-state index contributed by atoms with van der Waals surface area (Å²) in [5.74, 6) is 1.05. The SMILES string of the molecule is COc1ccc(Nc2cnc(C(=O)NCc3ccncc3)cn2)cc1. The average Bonchev–Trinajstić information content (AvgIpc) is 2.68. The van der Waals surface area contributed by atoms with Crippen molar-refractivity contribution in [3.63, 3.8) is 0 Å². The first-order valence-electron chi connectivity index (χ1n) is 7.65. The van der Waals surface area contributed by atoms with E-state index in [1.54, 1.807) is 19.5 Å². The number of ether oxygens (including phenoxy) is 1. The fourth-order valence-corrected chi connectivity index (χ4v) is 2.11. The highest BCUT2D eigenvalue weighted by molar-refractivity contribution is 5.92. The van der Waals surface area contributed by atoms with E-state index < -0.39 is 0 Å². The molecule has 0 radical (unpaired) electrons. The molecule has 7 nitrogen and oxygen atoms in total. The highest BCUT2D eigenvalue weighted by Gasteiger charge is 2.08. The molecule has 0 saturated carbocycles. The number of hydrogen-bond donors (Lipinski definition) is 2. The molecule has 3 aromatic rings. The zero-order valence-electron chi connectivity index (χ0n) is 13.6. The number of carbonyl (C=O) groups excluding carboxylic acids is 1. The van der Waals surface area contributed by atoms with Crippen LogP contribution in [0.15, 0.2) is 61.2 Å². The van der Waals surface area contributed by atoms with Crippen LogP contribution >= 0.6 is 0 Å². The van der Waals surface area contributed by atoms with Gasteiger partial charge in [0, 0.05) is 24.6 Å². The second-order valence-electron chi connectivity index (χ2n) is 5.18. The number of nitrogens with one attached hydrogen (secondary N) is 2. The summed E-state index contributed by atoms with van der Waals surface area (Å²) in [5.41, 5.74) is 2.08. The molecule has 2 heterocycles. The largest absolute Gasteiger partial charge is 0.497 e. The lowest BCUT2D eigenvalue weighted by atomic mass is 10.2. The molecule has 2 N–H and O–H groups in total. The van der Waals surface area contributed by atoms with Crippen molar-refractivity contribution in [1.29, 1.82) is 0 Å². The molecule has 0 atom stereocenters. The van der Waals surface area contributed by atoms with Crippen LogP contribution in [0.4, 0.5) is 11.5 Å². The summed E-state index contributed by atoms with van der Waals surface area (Å²) in [4.78, 5) is 24.4. The van der Waals surface area contributed by atoms with Crippen LogP contribution in [0.2, 0.25) is 0 Å². The summed E-state index contributed by atoms with van der Waals surface area (Å²) < 4.78 is 5.11. The Morgan fingerprint density at radius 2 is 1.80 bits per heavy atom. The maximum absolute atomic E-state index is 12.1. The molecular formula is C18H17N5O2. The van der Waals surface area contributed by atoms with Gasteiger partial charge in [0.15, 0.2) is 0 Å². The van der Waals surface area contributed by atoms with Crippen LogP contribution in [0.5, 0.6) is 5.75 Å². The number of pyridine rings is 1. The van der Waals surface area contributed by atoms with Crippen molar-refractivity contribution in [2.75, 3.05) is 12.4 Å². The van der Waals surface area contributed by atoms with Gasteiger partial charge in [0.1, 0.15) is 17.3 Å². The van der Waals surface area contributed by atoms with Crippen molar-refractivity contribution in [2.24, 2.45) is 0 Å². The van der Waals surface area contributed by atoms with Crippen LogP contribution in [-0.2, 0) is 6.54 Å². The van der Waals surface area contributed by atoms with Crippen molar-refractivity contribution in [3.05, 3.63) is 72.4 Å². The Kier molecular flexibility index (Phi) is 5.16. The molecule has 2 aromatic heterocycles. The first-order valence-corrected chi connectivity index (χ1v) is 7.65. The molecule has 25 heavy (non-hydrogen) atoms. The number of nitrogens with zero attached hydrogens (tertiary/aromatic N) is 3. The van der Waals surface area contributed by atoms with Crippen molar-refractivity contribution >= 4 is 17.4 Å². The smallest absolute Gasteiger partial charge is 0.271 e. The predicted molar refractivity (Wildman–Crippen MR) is 93.7 cm³/mol. The maximum atomic E-state index is 12.1. The minimum Gasteiger partial charge on any atom is -0.497 e. The molecular weight excluding hydrogens is 318 g/mol. The van der Waals surface area contributed by atoms with Crippen molar-refractivity contribution in [1.82, 2.24) is 20.3 Å². The van der Waals surface area contributed by atoms with Crippen molar-refractivity contribution in [2.45, 2.75) is 6.54 Å². The predicted octanol–water partition coefficient (Wildman–Crippen LogP) is 2.55. The van der Waals surface area contributed by atoms with Gasteiger partial charge in [-0.3, -0.25) is 9.78 Å². The minimum atomic E-state index is -0.277. The lowest BCUT2D eigenvalue weighted by molar-refractivity contribution is 0.0945. The molecule has 0 spiro atoms. The van der Waals surface area contributed by atoms with Gasteiger partial charge in [-0.15, -0.1) is 0 Å². The Bertz CT molecular complexity index is 820. The number of benzene rings is 1. The summed E-state index contributed by atoms with van der Waals surface area (Å²) >= 11 is 0. The zero-order chi connectivity index (χ0) is 17.5. The Labute approximate surface area is 145 Å². The highest BCUT2D eigenvalue weighted by Crippen LogP contribution is 2.18. The average molecular weight is 335 g/mol. The third kappa shape index (κ3) is 4.51. The molecule has 0 fully saturated rings. The number of amides is 1. The first kappa shape index (κ1) is 16.4. The molecule has 0 aliphatic rings. The molecule has 0 aliphatic heterocycles. The van der Waals surface area contributed by atoms with Gasteiger partial charge in [0.2, 0.25) is 0 Å². The molecule has 126 valence electrons. The number of anilines is 2. The van der Waals surface area contributed by atoms with Crippen molar-refractivity contribution in [3.8, 4) is 5.75 Å². The van der Waals surface area contributed by atoms with Gasteiger partial charge in [-0.25, -0.2) is 9.97 Å². The van der Waals surface area contributed by atoms with E-state index in [-0.39, 0.29) is 11.6 Å². The van der Waals surface area contributed by atoms with Crippen LogP contribution in [0.1, 0.15) is 16.1 Å². The van der Waals surface area contributed by atoms with Crippen LogP contribution in [0.25, 0.3) is 0 Å². The molecule has 0 unspecified atom stereocenters. The van der Waals surface area contributed by atoms with E-state index in [0.717, 1.165) is 17.0 Å². The lowest BCUT2D eigenvalue weighted by Crippen LogP contribution is -2.24. The first-order chi connectivity index (χ1) is 12.2. The van der Waals surface area contributed by atoms with Gasteiger partial charge < -0.3 is 15.4 Å². The molecule has 0 saturated heterocycles. The van der Waals surface area contributed by atoms with Crippen LogP contribution < -0.4 is 15.4 Å². The minimum absolute atomic E-state index is 0.259. The van der Waals surface area contributed by atoms with Gasteiger partial charge >= 0.3 is 0 Å². The van der Waals surface area contributed by atoms with E-state index >= 15 is 0 Å². The lowest BCUT2D eigenvalue weighted by Gasteiger charge is -2.07. The third-order valence-corrected chi connectivity index (χ3v) is 3.45. The number of carbonyl (C=O) groups is 1.